The summed E-state index contributed by atoms with van der Waals surface area (Å²) in [7, 11) is 2.54. The van der Waals surface area contributed by atoms with E-state index in [9.17, 15) is 10.0 Å². The Hall–Kier alpha value is -0.870. The van der Waals surface area contributed by atoms with Crippen LogP contribution in [0.5, 0.6) is 0 Å². The van der Waals surface area contributed by atoms with Crippen molar-refractivity contribution in [2.45, 2.75) is 44.6 Å². The molecule has 0 aliphatic carbocycles. The Morgan fingerprint density at radius 1 is 1.50 bits per heavy atom. The second kappa shape index (κ2) is 8.48. The van der Waals surface area contributed by atoms with Gasteiger partial charge in [-0.3, -0.25) is 0 Å². The summed E-state index contributed by atoms with van der Waals surface area (Å²) in [4.78, 5) is 13.1. The van der Waals surface area contributed by atoms with Gasteiger partial charge in [0.05, 0.1) is 6.61 Å². The van der Waals surface area contributed by atoms with Crippen molar-refractivity contribution in [2.24, 2.45) is 16.8 Å². The van der Waals surface area contributed by atoms with Gasteiger partial charge in [-0.05, 0) is 46.9 Å². The van der Waals surface area contributed by atoms with Crippen molar-refractivity contribution < 1.29 is 5.11 Å². The predicted octanol–water partition coefficient (Wildman–Crippen LogP) is 2.50. The van der Waals surface area contributed by atoms with Crippen molar-refractivity contribution in [2.75, 3.05) is 26.2 Å². The summed E-state index contributed by atoms with van der Waals surface area (Å²) in [5.41, 5.74) is 7.99. The summed E-state index contributed by atoms with van der Waals surface area (Å²) in [6.07, 6.45) is 3.28. The summed E-state index contributed by atoms with van der Waals surface area (Å²) in [5.74, 6) is 0.539. The van der Waals surface area contributed by atoms with Gasteiger partial charge in [0.15, 0.2) is 0 Å². The van der Waals surface area contributed by atoms with Crippen LogP contribution in [0.3, 0.4) is 0 Å². The minimum atomic E-state index is -0.118. The van der Waals surface area contributed by atoms with Gasteiger partial charge >= 0.3 is 0 Å². The number of nitrogens with two attached hydrogens (primary N) is 1. The first-order valence-electron chi connectivity index (χ1n) is 8.82. The lowest BCUT2D eigenvalue weighted by Crippen LogP contribution is -2.47. The molecule has 1 aromatic rings. The molecule has 1 fully saturated rings. The molecule has 1 unspecified atom stereocenters. The van der Waals surface area contributed by atoms with Crippen molar-refractivity contribution in [3.8, 4) is 0 Å². The van der Waals surface area contributed by atoms with Gasteiger partial charge in [-0.15, -0.1) is 14.1 Å². The standard InChI is InChI=1S/C18H30N3O2P/c1-3-5-15-10-21(12-18(15,19)4-2)9-14(11-22)13-6-7-16(20-23)17(24)8-13/h6-8,14-15,22H,3-5,9-12,19,24H2,1-2H3/t14-,15+,18+/m1/s1. The van der Waals surface area contributed by atoms with E-state index in [4.69, 9.17) is 5.73 Å². The molecule has 0 spiro atoms. The van der Waals surface area contributed by atoms with E-state index >= 15 is 0 Å². The molecule has 1 saturated heterocycles. The van der Waals surface area contributed by atoms with Crippen LogP contribution in [-0.4, -0.2) is 41.8 Å². The monoisotopic (exact) mass is 351 g/mol. The molecule has 4 atom stereocenters. The Bertz CT molecular complexity index is 569. The van der Waals surface area contributed by atoms with Crippen molar-refractivity contribution in [1.82, 2.24) is 4.90 Å². The van der Waals surface area contributed by atoms with Crippen molar-refractivity contribution in [3.05, 3.63) is 28.7 Å². The van der Waals surface area contributed by atoms with Gasteiger partial charge in [0.25, 0.3) is 0 Å². The number of rotatable bonds is 8. The Labute approximate surface area is 147 Å². The zero-order chi connectivity index (χ0) is 17.7. The maximum atomic E-state index is 10.7. The topological polar surface area (TPSA) is 78.9 Å². The Morgan fingerprint density at radius 3 is 2.79 bits per heavy atom. The summed E-state index contributed by atoms with van der Waals surface area (Å²) in [5, 5.41) is 13.6. The highest BCUT2D eigenvalue weighted by Gasteiger charge is 2.41. The summed E-state index contributed by atoms with van der Waals surface area (Å²) in [6.45, 7) is 7.12. The maximum absolute atomic E-state index is 10.7. The summed E-state index contributed by atoms with van der Waals surface area (Å²) < 4.78 is 0. The molecule has 1 aliphatic heterocycles. The van der Waals surface area contributed by atoms with Crippen LogP contribution < -0.4 is 11.0 Å². The second-order valence-corrected chi connectivity index (χ2v) is 7.68. The molecule has 0 bridgehead atoms. The van der Waals surface area contributed by atoms with Gasteiger partial charge in [0, 0.05) is 31.1 Å². The van der Waals surface area contributed by atoms with Crippen LogP contribution in [0.1, 0.15) is 44.6 Å². The minimum Gasteiger partial charge on any atom is -0.396 e. The average Bonchev–Trinajstić information content (AvgIpc) is 2.89. The van der Waals surface area contributed by atoms with Gasteiger partial charge in [-0.2, -0.15) is 0 Å². The van der Waals surface area contributed by atoms with Crippen molar-refractivity contribution in [1.29, 1.82) is 0 Å². The van der Waals surface area contributed by atoms with Crippen LogP contribution in [0.4, 0.5) is 5.69 Å². The summed E-state index contributed by atoms with van der Waals surface area (Å²) >= 11 is 0. The van der Waals surface area contributed by atoms with Gasteiger partial charge in [0.2, 0.25) is 0 Å². The van der Waals surface area contributed by atoms with E-state index in [0.717, 1.165) is 49.8 Å². The molecule has 5 nitrogen and oxygen atoms in total. The lowest BCUT2D eigenvalue weighted by atomic mass is 9.83. The number of benzene rings is 1. The first-order valence-corrected chi connectivity index (χ1v) is 9.40. The van der Waals surface area contributed by atoms with E-state index in [1.165, 1.54) is 0 Å². The molecule has 1 heterocycles. The van der Waals surface area contributed by atoms with Gasteiger partial charge in [-0.25, -0.2) is 0 Å². The molecule has 24 heavy (non-hydrogen) atoms. The molecule has 1 aromatic carbocycles. The molecule has 0 amide bonds. The third-order valence-corrected chi connectivity index (χ3v) is 5.89. The molecule has 3 N–H and O–H groups in total. The van der Waals surface area contributed by atoms with Gasteiger partial charge < -0.3 is 15.7 Å². The first kappa shape index (κ1) is 19.5. The van der Waals surface area contributed by atoms with Crippen molar-refractivity contribution in [3.63, 3.8) is 0 Å². The zero-order valence-electron chi connectivity index (χ0n) is 14.7. The van der Waals surface area contributed by atoms with E-state index in [1.807, 2.05) is 12.1 Å². The average molecular weight is 351 g/mol. The third-order valence-electron chi connectivity index (χ3n) is 5.43. The number of hydrogen-bond acceptors (Lipinski definition) is 5. The molecule has 134 valence electrons. The second-order valence-electron chi connectivity index (χ2n) is 7.06. The van der Waals surface area contributed by atoms with Crippen molar-refractivity contribution >= 4 is 20.2 Å². The van der Waals surface area contributed by atoms with Gasteiger partial charge in [0.1, 0.15) is 5.69 Å². The van der Waals surface area contributed by atoms with E-state index in [1.54, 1.807) is 6.07 Å². The van der Waals surface area contributed by atoms with Crippen LogP contribution in [0.2, 0.25) is 0 Å². The fraction of sp³-hybridized carbons (Fsp3) is 0.667. The highest BCUT2D eigenvalue weighted by molar-refractivity contribution is 7.28. The molecule has 2 rings (SSSR count). The smallest absolute Gasteiger partial charge is 0.115 e. The van der Waals surface area contributed by atoms with Crippen LogP contribution in [-0.2, 0) is 0 Å². The fourth-order valence-electron chi connectivity index (χ4n) is 3.86. The fourth-order valence-corrected chi connectivity index (χ4v) is 4.20. The molecule has 0 aromatic heterocycles. The maximum Gasteiger partial charge on any atom is 0.115 e. The molecule has 6 heteroatoms. The predicted molar refractivity (Wildman–Crippen MR) is 103 cm³/mol. The molecular weight excluding hydrogens is 321 g/mol. The first-order chi connectivity index (χ1) is 11.5. The zero-order valence-corrected chi connectivity index (χ0v) is 15.9. The molecule has 0 saturated carbocycles. The van der Waals surface area contributed by atoms with Gasteiger partial charge in [-0.1, -0.05) is 26.3 Å². The molecule has 0 radical (unpaired) electrons. The quantitative estimate of drug-likeness (QED) is 0.557. The van der Waals surface area contributed by atoms with E-state index in [2.05, 4.69) is 33.2 Å². The Balaban J connectivity index is 2.10. The lowest BCUT2D eigenvalue weighted by molar-refractivity contribution is 0.214. The number of aliphatic hydroxyl groups is 1. The number of nitrogens with zero attached hydrogens (tertiary/aromatic N) is 2. The number of nitroso groups, excluding NO2 is 1. The van der Waals surface area contributed by atoms with Crippen LogP contribution >= 0.6 is 9.24 Å². The normalized spacial score (nSPS) is 25.8. The Morgan fingerprint density at radius 2 is 2.25 bits per heavy atom. The van der Waals surface area contributed by atoms with Crippen LogP contribution in [0.25, 0.3) is 0 Å². The number of likely N-dealkylation sites (tertiary alicyclic amines) is 1. The Kier molecular flexibility index (Phi) is 6.88. The highest BCUT2D eigenvalue weighted by Crippen LogP contribution is 2.33. The van der Waals surface area contributed by atoms with E-state index < -0.39 is 0 Å². The third kappa shape index (κ3) is 4.20. The molecule has 1 aliphatic rings. The number of aliphatic hydroxyl groups excluding tert-OH is 1. The number of hydrogen-bond donors (Lipinski definition) is 2. The SMILES string of the molecule is CCC[C@H]1CN(C[C@H](CO)c2ccc(N=O)c(P)c2)C[C@@]1(N)CC. The van der Waals surface area contributed by atoms with Crippen LogP contribution in [0, 0.1) is 10.8 Å². The molecular formula is C18H30N3O2P. The van der Waals surface area contributed by atoms with Crippen LogP contribution in [0.15, 0.2) is 23.4 Å². The lowest BCUT2D eigenvalue weighted by Gasteiger charge is -2.29. The van der Waals surface area contributed by atoms with E-state index in [0.29, 0.717) is 11.6 Å². The minimum absolute atomic E-state index is 0.0199. The highest BCUT2D eigenvalue weighted by atomic mass is 31.0. The van der Waals surface area contributed by atoms with E-state index in [-0.39, 0.29) is 18.1 Å². The largest absolute Gasteiger partial charge is 0.396 e. The summed E-state index contributed by atoms with van der Waals surface area (Å²) in [6, 6.07) is 5.54.